The van der Waals surface area contributed by atoms with Crippen LogP contribution in [0.2, 0.25) is 10.0 Å². The molecule has 0 aromatic heterocycles. The Labute approximate surface area is 109 Å². The van der Waals surface area contributed by atoms with Crippen LogP contribution in [0.3, 0.4) is 0 Å². The molecule has 0 spiro atoms. The Morgan fingerprint density at radius 1 is 1.00 bits per heavy atom. The molecular formula is C12H17BCl2N. The fourth-order valence-electron chi connectivity index (χ4n) is 1.68. The normalized spacial score (nSPS) is 10.8. The zero-order valence-electron chi connectivity index (χ0n) is 9.84. The molecule has 0 atom stereocenters. The molecule has 4 heteroatoms. The van der Waals surface area contributed by atoms with Crippen LogP contribution in [0.5, 0.6) is 0 Å². The van der Waals surface area contributed by atoms with Crippen molar-refractivity contribution in [2.45, 2.75) is 26.7 Å². The van der Waals surface area contributed by atoms with E-state index in [2.05, 4.69) is 26.1 Å². The van der Waals surface area contributed by atoms with E-state index < -0.39 is 0 Å². The second kappa shape index (κ2) is 7.21. The van der Waals surface area contributed by atoms with Crippen LogP contribution in [0.4, 0.5) is 0 Å². The Morgan fingerprint density at radius 2 is 1.50 bits per heavy atom. The molecule has 0 amide bonds. The van der Waals surface area contributed by atoms with Gasteiger partial charge in [-0.3, -0.25) is 0 Å². The van der Waals surface area contributed by atoms with Gasteiger partial charge in [0.25, 0.3) is 0 Å². The maximum absolute atomic E-state index is 5.96. The van der Waals surface area contributed by atoms with Crippen LogP contribution in [0.25, 0.3) is 0 Å². The van der Waals surface area contributed by atoms with Gasteiger partial charge in [0.05, 0.1) is 0 Å². The van der Waals surface area contributed by atoms with Gasteiger partial charge in [-0.05, 0) is 44.1 Å². The highest BCUT2D eigenvalue weighted by atomic mass is 35.5. The zero-order chi connectivity index (χ0) is 12.0. The van der Waals surface area contributed by atoms with Gasteiger partial charge in [0, 0.05) is 10.0 Å². The molecule has 0 fully saturated rings. The Bertz CT molecular complexity index is 305. The third kappa shape index (κ3) is 4.77. The van der Waals surface area contributed by atoms with E-state index in [1.54, 1.807) is 6.07 Å². The van der Waals surface area contributed by atoms with Crippen molar-refractivity contribution in [3.8, 4) is 0 Å². The van der Waals surface area contributed by atoms with E-state index in [9.17, 15) is 0 Å². The van der Waals surface area contributed by atoms with E-state index in [1.807, 2.05) is 12.1 Å². The molecule has 0 aliphatic carbocycles. The zero-order valence-corrected chi connectivity index (χ0v) is 11.4. The van der Waals surface area contributed by atoms with Crippen LogP contribution in [0.1, 0.15) is 26.7 Å². The van der Waals surface area contributed by atoms with Crippen molar-refractivity contribution in [2.24, 2.45) is 0 Å². The Kier molecular flexibility index (Phi) is 6.26. The summed E-state index contributed by atoms with van der Waals surface area (Å²) in [7, 11) is 2.13. The van der Waals surface area contributed by atoms with Crippen molar-refractivity contribution < 1.29 is 0 Å². The highest BCUT2D eigenvalue weighted by Gasteiger charge is 2.07. The summed E-state index contributed by atoms with van der Waals surface area (Å²) in [6, 6.07) is 5.63. The topological polar surface area (TPSA) is 3.24 Å². The summed E-state index contributed by atoms with van der Waals surface area (Å²) in [5.41, 5.74) is 1.07. The molecule has 1 aromatic rings. The quantitative estimate of drug-likeness (QED) is 0.706. The van der Waals surface area contributed by atoms with Crippen molar-refractivity contribution in [3.63, 3.8) is 0 Å². The molecule has 0 saturated carbocycles. The van der Waals surface area contributed by atoms with E-state index in [0.717, 1.165) is 31.4 Å². The van der Waals surface area contributed by atoms with E-state index in [4.69, 9.17) is 23.2 Å². The Morgan fingerprint density at radius 3 is 1.94 bits per heavy atom. The summed E-state index contributed by atoms with van der Waals surface area (Å²) in [5.74, 6) is 0. The number of nitrogens with zero attached hydrogens (tertiary/aromatic N) is 1. The summed E-state index contributed by atoms with van der Waals surface area (Å²) in [6.07, 6.45) is 2.29. The average molecular weight is 257 g/mol. The van der Waals surface area contributed by atoms with E-state index in [1.165, 1.54) is 0 Å². The van der Waals surface area contributed by atoms with Gasteiger partial charge in [0.15, 0.2) is 0 Å². The molecule has 87 valence electrons. The monoisotopic (exact) mass is 256 g/mol. The maximum Gasteiger partial charge on any atom is 0.247 e. The molecular weight excluding hydrogens is 240 g/mol. The molecule has 1 rings (SSSR count). The lowest BCUT2D eigenvalue weighted by atomic mass is 9.80. The van der Waals surface area contributed by atoms with E-state index in [0.29, 0.717) is 10.0 Å². The SMILES string of the molecule is CCCN([B]c1cc(Cl)cc(Cl)c1)CCC. The standard InChI is InChI=1S/C12H17BCl2N/c1-3-5-16(6-4-2)13-10-7-11(14)9-12(15)8-10/h7-9H,3-6H2,1-2H3. The number of hydrogen-bond acceptors (Lipinski definition) is 1. The first-order chi connectivity index (χ1) is 7.65. The van der Waals surface area contributed by atoms with Crippen LogP contribution >= 0.6 is 23.2 Å². The molecule has 1 nitrogen and oxygen atoms in total. The number of rotatable bonds is 6. The first-order valence-corrected chi connectivity index (χ1v) is 6.46. The van der Waals surface area contributed by atoms with Crippen LogP contribution in [-0.4, -0.2) is 25.3 Å². The van der Waals surface area contributed by atoms with E-state index >= 15 is 0 Å². The van der Waals surface area contributed by atoms with Crippen molar-refractivity contribution in [1.82, 2.24) is 4.81 Å². The molecule has 0 aliphatic heterocycles. The lowest BCUT2D eigenvalue weighted by molar-refractivity contribution is 0.445. The molecule has 1 aromatic carbocycles. The second-order valence-corrected chi connectivity index (χ2v) is 4.74. The predicted octanol–water partition coefficient (Wildman–Crippen LogP) is 3.36. The lowest BCUT2D eigenvalue weighted by Gasteiger charge is -2.20. The smallest absolute Gasteiger partial charge is 0.247 e. The third-order valence-corrected chi connectivity index (χ3v) is 2.67. The molecule has 0 unspecified atom stereocenters. The largest absolute Gasteiger partial charge is 0.342 e. The Hall–Kier alpha value is -0.175. The molecule has 16 heavy (non-hydrogen) atoms. The minimum atomic E-state index is 0.687. The van der Waals surface area contributed by atoms with Gasteiger partial charge in [-0.25, -0.2) is 0 Å². The number of hydrogen-bond donors (Lipinski definition) is 0. The lowest BCUT2D eigenvalue weighted by Crippen LogP contribution is -2.37. The second-order valence-electron chi connectivity index (χ2n) is 3.87. The van der Waals surface area contributed by atoms with Crippen molar-refractivity contribution >= 4 is 36.1 Å². The molecule has 1 radical (unpaired) electrons. The fourth-order valence-corrected chi connectivity index (χ4v) is 2.22. The molecule has 0 N–H and O–H groups in total. The summed E-state index contributed by atoms with van der Waals surface area (Å²) < 4.78 is 0. The Balaban J connectivity index is 2.68. The van der Waals surface area contributed by atoms with Gasteiger partial charge in [0.1, 0.15) is 0 Å². The van der Waals surface area contributed by atoms with Gasteiger partial charge >= 0.3 is 0 Å². The van der Waals surface area contributed by atoms with Gasteiger partial charge < -0.3 is 4.81 Å². The molecule has 0 bridgehead atoms. The first-order valence-electron chi connectivity index (χ1n) is 5.70. The van der Waals surface area contributed by atoms with E-state index in [-0.39, 0.29) is 0 Å². The van der Waals surface area contributed by atoms with Crippen LogP contribution in [-0.2, 0) is 0 Å². The summed E-state index contributed by atoms with van der Waals surface area (Å²) in [5, 5.41) is 1.37. The minimum Gasteiger partial charge on any atom is -0.342 e. The molecule has 0 aliphatic rings. The highest BCUT2D eigenvalue weighted by Crippen LogP contribution is 2.13. The van der Waals surface area contributed by atoms with Gasteiger partial charge in [-0.2, -0.15) is 0 Å². The fraction of sp³-hybridized carbons (Fsp3) is 0.500. The minimum absolute atomic E-state index is 0.687. The van der Waals surface area contributed by atoms with Crippen LogP contribution in [0, 0.1) is 0 Å². The van der Waals surface area contributed by atoms with Crippen molar-refractivity contribution in [1.29, 1.82) is 0 Å². The molecule has 0 heterocycles. The summed E-state index contributed by atoms with van der Waals surface area (Å²) >= 11 is 11.9. The van der Waals surface area contributed by atoms with Gasteiger partial charge in [0.2, 0.25) is 7.41 Å². The predicted molar refractivity (Wildman–Crippen MR) is 74.0 cm³/mol. The number of halogens is 2. The van der Waals surface area contributed by atoms with Gasteiger partial charge in [-0.1, -0.05) is 42.5 Å². The van der Waals surface area contributed by atoms with Crippen LogP contribution in [0.15, 0.2) is 18.2 Å². The van der Waals surface area contributed by atoms with Crippen molar-refractivity contribution in [2.75, 3.05) is 13.1 Å². The third-order valence-electron chi connectivity index (χ3n) is 2.24. The van der Waals surface area contributed by atoms with Gasteiger partial charge in [-0.15, -0.1) is 0 Å². The maximum atomic E-state index is 5.96. The van der Waals surface area contributed by atoms with Crippen LogP contribution < -0.4 is 5.46 Å². The van der Waals surface area contributed by atoms with Crippen molar-refractivity contribution in [3.05, 3.63) is 28.2 Å². The highest BCUT2D eigenvalue weighted by molar-refractivity contribution is 6.52. The number of benzene rings is 1. The first kappa shape index (κ1) is 13.9. The average Bonchev–Trinajstić information content (AvgIpc) is 2.16. The molecule has 0 saturated heterocycles. The summed E-state index contributed by atoms with van der Waals surface area (Å²) in [4.78, 5) is 2.31. The summed E-state index contributed by atoms with van der Waals surface area (Å²) in [6.45, 7) is 6.50.